The Morgan fingerprint density at radius 3 is 2.16 bits per heavy atom. The Morgan fingerprint density at radius 1 is 0.864 bits per heavy atom. The lowest BCUT2D eigenvalue weighted by Crippen LogP contribution is -2.45. The number of benzene rings is 3. The van der Waals surface area contributed by atoms with Crippen molar-refractivity contribution in [1.82, 2.24) is 10.2 Å². The highest BCUT2D eigenvalue weighted by Crippen LogP contribution is 2.35. The van der Waals surface area contributed by atoms with E-state index in [4.69, 9.17) is 4.74 Å². The van der Waals surface area contributed by atoms with E-state index in [9.17, 15) is 22.8 Å². The molecular weight excluding hydrogens is 565 g/mol. The molecule has 1 aliphatic carbocycles. The van der Waals surface area contributed by atoms with Crippen molar-refractivity contribution >= 4 is 11.9 Å². The highest BCUT2D eigenvalue weighted by Gasteiger charge is 2.33. The Labute approximate surface area is 257 Å². The second kappa shape index (κ2) is 14.0. The molecule has 1 amide bonds. The molecule has 1 saturated heterocycles. The number of nitrogens with one attached hydrogen (secondary N) is 1. The second-order valence-corrected chi connectivity index (χ2v) is 12.5. The van der Waals surface area contributed by atoms with E-state index in [1.165, 1.54) is 12.1 Å². The van der Waals surface area contributed by atoms with Gasteiger partial charge in [-0.25, -0.2) is 0 Å². The SMILES string of the molecule is CC(CCCN1CCC(NC(=O)c2ccccc2-c2ccc(C(F)(F)F)cc2)CC1)(CC(=O)OC1CCC1)c1ccccc1. The van der Waals surface area contributed by atoms with Crippen molar-refractivity contribution in [1.29, 1.82) is 0 Å². The van der Waals surface area contributed by atoms with Crippen LogP contribution in [0.1, 0.15) is 79.8 Å². The average Bonchev–Trinajstić information content (AvgIpc) is 3.00. The molecule has 5 rings (SSSR count). The molecule has 234 valence electrons. The Bertz CT molecular complexity index is 1400. The van der Waals surface area contributed by atoms with Crippen LogP contribution >= 0.6 is 0 Å². The maximum atomic E-state index is 13.3. The smallest absolute Gasteiger partial charge is 0.416 e. The molecule has 1 saturated carbocycles. The van der Waals surface area contributed by atoms with Gasteiger partial charge in [-0.05, 0) is 86.4 Å². The molecule has 0 spiro atoms. The summed E-state index contributed by atoms with van der Waals surface area (Å²) in [6.45, 7) is 4.79. The summed E-state index contributed by atoms with van der Waals surface area (Å²) in [4.78, 5) is 28.5. The van der Waals surface area contributed by atoms with E-state index in [2.05, 4.69) is 29.3 Å². The molecule has 5 nitrogen and oxygen atoms in total. The number of alkyl halides is 3. The van der Waals surface area contributed by atoms with Crippen LogP contribution in [0.2, 0.25) is 0 Å². The predicted octanol–water partition coefficient (Wildman–Crippen LogP) is 7.79. The summed E-state index contributed by atoms with van der Waals surface area (Å²) in [5, 5.41) is 3.15. The number of piperidine rings is 1. The molecule has 2 fully saturated rings. The number of nitrogens with zero attached hydrogens (tertiary/aromatic N) is 1. The Morgan fingerprint density at radius 2 is 1.52 bits per heavy atom. The molecule has 1 atom stereocenters. The summed E-state index contributed by atoms with van der Waals surface area (Å²) in [5.41, 5.74) is 1.77. The molecular formula is C36H41F3N2O3. The molecule has 1 unspecified atom stereocenters. The second-order valence-electron chi connectivity index (χ2n) is 12.5. The molecule has 2 aliphatic rings. The van der Waals surface area contributed by atoms with Crippen LogP contribution in [0.25, 0.3) is 11.1 Å². The zero-order valence-electron chi connectivity index (χ0n) is 25.2. The fourth-order valence-corrected chi connectivity index (χ4v) is 6.24. The van der Waals surface area contributed by atoms with Gasteiger partial charge in [0.15, 0.2) is 0 Å². The van der Waals surface area contributed by atoms with Gasteiger partial charge in [0, 0.05) is 30.1 Å². The van der Waals surface area contributed by atoms with Crippen molar-refractivity contribution in [2.45, 2.75) is 82.0 Å². The topological polar surface area (TPSA) is 58.6 Å². The normalized spacial score (nSPS) is 17.8. The van der Waals surface area contributed by atoms with Gasteiger partial charge in [-0.15, -0.1) is 0 Å². The third kappa shape index (κ3) is 8.08. The van der Waals surface area contributed by atoms with E-state index < -0.39 is 11.7 Å². The van der Waals surface area contributed by atoms with E-state index in [1.54, 1.807) is 24.3 Å². The third-order valence-electron chi connectivity index (χ3n) is 9.18. The largest absolute Gasteiger partial charge is 0.462 e. The third-order valence-corrected chi connectivity index (χ3v) is 9.18. The fraction of sp³-hybridized carbons (Fsp3) is 0.444. The van der Waals surface area contributed by atoms with Crippen molar-refractivity contribution in [3.8, 4) is 11.1 Å². The number of carbonyl (C=O) groups is 2. The number of likely N-dealkylation sites (tertiary alicyclic amines) is 1. The van der Waals surface area contributed by atoms with Crippen LogP contribution in [0.15, 0.2) is 78.9 Å². The number of halogens is 3. The van der Waals surface area contributed by atoms with Crippen LogP contribution in [0.4, 0.5) is 13.2 Å². The van der Waals surface area contributed by atoms with Gasteiger partial charge in [0.25, 0.3) is 5.91 Å². The Kier molecular flexibility index (Phi) is 10.1. The Balaban J connectivity index is 1.12. The van der Waals surface area contributed by atoms with Crippen LogP contribution in [0.5, 0.6) is 0 Å². The molecule has 8 heteroatoms. The summed E-state index contributed by atoms with van der Waals surface area (Å²) in [5.74, 6) is -0.330. The number of hydrogen-bond acceptors (Lipinski definition) is 4. The molecule has 44 heavy (non-hydrogen) atoms. The first-order valence-corrected chi connectivity index (χ1v) is 15.7. The van der Waals surface area contributed by atoms with Gasteiger partial charge >= 0.3 is 12.1 Å². The first-order valence-electron chi connectivity index (χ1n) is 15.7. The van der Waals surface area contributed by atoms with Gasteiger partial charge in [0.2, 0.25) is 0 Å². The fourth-order valence-electron chi connectivity index (χ4n) is 6.24. The predicted molar refractivity (Wildman–Crippen MR) is 165 cm³/mol. The van der Waals surface area contributed by atoms with Crippen molar-refractivity contribution < 1.29 is 27.5 Å². The van der Waals surface area contributed by atoms with Crippen molar-refractivity contribution in [2.75, 3.05) is 19.6 Å². The van der Waals surface area contributed by atoms with E-state index >= 15 is 0 Å². The van der Waals surface area contributed by atoms with Crippen LogP contribution in [0, 0.1) is 0 Å². The van der Waals surface area contributed by atoms with Gasteiger partial charge in [-0.3, -0.25) is 9.59 Å². The van der Waals surface area contributed by atoms with E-state index in [-0.39, 0.29) is 29.4 Å². The lowest BCUT2D eigenvalue weighted by atomic mass is 9.75. The molecule has 1 N–H and O–H groups in total. The summed E-state index contributed by atoms with van der Waals surface area (Å²) in [6, 6.07) is 22.2. The lowest BCUT2D eigenvalue weighted by molar-refractivity contribution is -0.154. The number of ether oxygens (including phenoxy) is 1. The number of rotatable bonds is 11. The quantitative estimate of drug-likeness (QED) is 0.227. The minimum atomic E-state index is -4.41. The molecule has 3 aromatic carbocycles. The molecule has 1 heterocycles. The van der Waals surface area contributed by atoms with Gasteiger partial charge in [-0.1, -0.05) is 67.6 Å². The number of esters is 1. The van der Waals surface area contributed by atoms with Crippen LogP contribution < -0.4 is 5.32 Å². The average molecular weight is 607 g/mol. The Hall–Kier alpha value is -3.65. The van der Waals surface area contributed by atoms with E-state index in [1.807, 2.05) is 18.2 Å². The van der Waals surface area contributed by atoms with Crippen LogP contribution in [-0.4, -0.2) is 48.6 Å². The molecule has 0 aromatic heterocycles. The zero-order valence-corrected chi connectivity index (χ0v) is 25.2. The molecule has 1 aliphatic heterocycles. The van der Waals surface area contributed by atoms with Gasteiger partial charge in [0.05, 0.1) is 12.0 Å². The first-order chi connectivity index (χ1) is 21.1. The number of hydrogen-bond donors (Lipinski definition) is 1. The summed E-state index contributed by atoms with van der Waals surface area (Å²) < 4.78 is 44.8. The molecule has 3 aromatic rings. The minimum absolute atomic E-state index is 0.0234. The van der Waals surface area contributed by atoms with E-state index in [0.29, 0.717) is 23.1 Å². The summed E-state index contributed by atoms with van der Waals surface area (Å²) in [7, 11) is 0. The number of carbonyl (C=O) groups excluding carboxylic acids is 2. The van der Waals surface area contributed by atoms with E-state index in [0.717, 1.165) is 82.3 Å². The summed E-state index contributed by atoms with van der Waals surface area (Å²) >= 11 is 0. The van der Waals surface area contributed by atoms with Gasteiger partial charge < -0.3 is 15.0 Å². The molecule has 0 bridgehead atoms. The number of amides is 1. The maximum Gasteiger partial charge on any atom is 0.416 e. The monoisotopic (exact) mass is 606 g/mol. The minimum Gasteiger partial charge on any atom is -0.462 e. The van der Waals surface area contributed by atoms with Gasteiger partial charge in [0.1, 0.15) is 6.10 Å². The highest BCUT2D eigenvalue weighted by atomic mass is 19.4. The van der Waals surface area contributed by atoms with Crippen molar-refractivity contribution in [2.24, 2.45) is 0 Å². The standard InChI is InChI=1S/C36H41F3N2O3/c1-35(27-9-3-2-4-10-27,25-33(42)44-30-11-7-12-30)21-8-22-41-23-19-29(20-24-41)40-34(43)32-14-6-5-13-31(32)26-15-17-28(18-16-26)36(37,38)39/h2-6,9-10,13-18,29-30H,7-8,11-12,19-25H2,1H3,(H,40,43). The lowest BCUT2D eigenvalue weighted by Gasteiger charge is -2.35. The van der Waals surface area contributed by atoms with Crippen LogP contribution in [-0.2, 0) is 21.1 Å². The van der Waals surface area contributed by atoms with Crippen molar-refractivity contribution in [3.05, 3.63) is 95.6 Å². The first kappa shape index (κ1) is 31.8. The maximum absolute atomic E-state index is 13.3. The van der Waals surface area contributed by atoms with Crippen LogP contribution in [0.3, 0.4) is 0 Å². The van der Waals surface area contributed by atoms with Crippen molar-refractivity contribution in [3.63, 3.8) is 0 Å². The van der Waals surface area contributed by atoms with Gasteiger partial charge in [-0.2, -0.15) is 13.2 Å². The summed E-state index contributed by atoms with van der Waals surface area (Å²) in [6.07, 6.45) is 2.56. The molecule has 0 radical (unpaired) electrons. The highest BCUT2D eigenvalue weighted by molar-refractivity contribution is 6.01. The zero-order chi connectivity index (χ0) is 31.2.